The number of carbonyl (C=O) groups is 2. The van der Waals surface area contributed by atoms with Crippen molar-refractivity contribution in [3.8, 4) is 5.75 Å². The second kappa shape index (κ2) is 6.99. The minimum atomic E-state index is -1.09. The van der Waals surface area contributed by atoms with E-state index in [1.807, 2.05) is 0 Å². The molecule has 3 N–H and O–H groups in total. The lowest BCUT2D eigenvalue weighted by Gasteiger charge is -2.11. The van der Waals surface area contributed by atoms with E-state index < -0.39 is 18.6 Å². The Morgan fingerprint density at radius 3 is 2.76 bits per heavy atom. The Balaban J connectivity index is 1.92. The van der Waals surface area contributed by atoms with Crippen LogP contribution in [0.15, 0.2) is 47.3 Å². The molecule has 0 saturated heterocycles. The first-order valence-corrected chi connectivity index (χ1v) is 6.14. The molecular weight excluding hydrogens is 276 g/mol. The van der Waals surface area contributed by atoms with E-state index in [-0.39, 0.29) is 0 Å². The molecule has 2 amide bonds. The number of aliphatic carboxylic acids is 1. The number of carboxylic acid groups (broad SMARTS) is 1. The van der Waals surface area contributed by atoms with Gasteiger partial charge in [0.05, 0.1) is 18.2 Å². The lowest BCUT2D eigenvalue weighted by Crippen LogP contribution is -2.28. The fourth-order valence-electron chi connectivity index (χ4n) is 1.58. The summed E-state index contributed by atoms with van der Waals surface area (Å²) < 4.78 is 9.98. The smallest absolute Gasteiger partial charge is 0.341 e. The number of anilines is 1. The molecule has 7 heteroatoms. The van der Waals surface area contributed by atoms with Gasteiger partial charge < -0.3 is 24.9 Å². The number of para-hydroxylation sites is 2. The topological polar surface area (TPSA) is 101 Å². The third kappa shape index (κ3) is 4.57. The first-order valence-electron chi connectivity index (χ1n) is 6.14. The number of hydrogen-bond acceptors (Lipinski definition) is 4. The highest BCUT2D eigenvalue weighted by Gasteiger charge is 2.08. The number of benzene rings is 1. The van der Waals surface area contributed by atoms with Crippen molar-refractivity contribution in [3.63, 3.8) is 0 Å². The average molecular weight is 290 g/mol. The van der Waals surface area contributed by atoms with E-state index in [0.717, 1.165) is 5.56 Å². The summed E-state index contributed by atoms with van der Waals surface area (Å²) in [5.74, 6) is -0.799. The van der Waals surface area contributed by atoms with Crippen molar-refractivity contribution in [1.82, 2.24) is 5.32 Å². The first kappa shape index (κ1) is 14.4. The zero-order valence-corrected chi connectivity index (χ0v) is 11.0. The summed E-state index contributed by atoms with van der Waals surface area (Å²) in [5.41, 5.74) is 1.23. The van der Waals surface area contributed by atoms with Gasteiger partial charge in [0.15, 0.2) is 6.61 Å². The lowest BCUT2D eigenvalue weighted by atomic mass is 10.3. The summed E-state index contributed by atoms with van der Waals surface area (Å²) in [4.78, 5) is 22.3. The Labute approximate surface area is 120 Å². The van der Waals surface area contributed by atoms with Crippen molar-refractivity contribution in [2.75, 3.05) is 11.9 Å². The maximum atomic E-state index is 11.8. The number of rotatable bonds is 6. The molecule has 110 valence electrons. The maximum Gasteiger partial charge on any atom is 0.341 e. The highest BCUT2D eigenvalue weighted by molar-refractivity contribution is 5.90. The van der Waals surface area contributed by atoms with Gasteiger partial charge >= 0.3 is 12.0 Å². The van der Waals surface area contributed by atoms with Crippen molar-refractivity contribution in [2.45, 2.75) is 6.54 Å². The molecule has 0 aliphatic heterocycles. The first-order chi connectivity index (χ1) is 10.1. The average Bonchev–Trinajstić information content (AvgIpc) is 2.97. The molecular formula is C14H14N2O5. The Hall–Kier alpha value is -2.96. The van der Waals surface area contributed by atoms with Gasteiger partial charge in [-0.25, -0.2) is 9.59 Å². The molecule has 1 aromatic heterocycles. The molecule has 0 unspecified atom stereocenters. The summed E-state index contributed by atoms with van der Waals surface area (Å²) in [6.45, 7) is -0.157. The van der Waals surface area contributed by atoms with Crippen molar-refractivity contribution < 1.29 is 23.8 Å². The van der Waals surface area contributed by atoms with Crippen LogP contribution >= 0.6 is 0 Å². The van der Waals surface area contributed by atoms with Gasteiger partial charge in [-0.15, -0.1) is 0 Å². The van der Waals surface area contributed by atoms with Crippen molar-refractivity contribution in [3.05, 3.63) is 48.4 Å². The highest BCUT2D eigenvalue weighted by atomic mass is 16.5. The maximum absolute atomic E-state index is 11.8. The standard InChI is InChI=1S/C14H14N2O5/c17-13(18)9-21-12-4-2-1-3-11(12)16-14(19)15-7-10-5-6-20-8-10/h1-6,8H,7,9H2,(H,17,18)(H2,15,16,19). The Morgan fingerprint density at radius 2 is 2.05 bits per heavy atom. The molecule has 2 rings (SSSR count). The third-order valence-corrected chi connectivity index (χ3v) is 2.52. The molecule has 0 radical (unpaired) electrons. The van der Waals surface area contributed by atoms with Crippen LogP contribution in [0.1, 0.15) is 5.56 Å². The van der Waals surface area contributed by atoms with Gasteiger partial charge in [0.2, 0.25) is 0 Å². The molecule has 7 nitrogen and oxygen atoms in total. The summed E-state index contributed by atoms with van der Waals surface area (Å²) in [5, 5.41) is 13.8. The molecule has 21 heavy (non-hydrogen) atoms. The molecule has 0 bridgehead atoms. The molecule has 0 fully saturated rings. The van der Waals surface area contributed by atoms with E-state index in [9.17, 15) is 9.59 Å². The number of carboxylic acids is 1. The van der Waals surface area contributed by atoms with Crippen LogP contribution in [0.25, 0.3) is 0 Å². The highest BCUT2D eigenvalue weighted by Crippen LogP contribution is 2.23. The summed E-state index contributed by atoms with van der Waals surface area (Å²) in [6, 6.07) is 7.90. The van der Waals surface area contributed by atoms with Crippen LogP contribution < -0.4 is 15.4 Å². The van der Waals surface area contributed by atoms with Crippen LogP contribution in [-0.2, 0) is 11.3 Å². The Morgan fingerprint density at radius 1 is 1.24 bits per heavy atom. The molecule has 1 heterocycles. The Bertz CT molecular complexity index is 610. The Kier molecular flexibility index (Phi) is 4.81. The van der Waals surface area contributed by atoms with Gasteiger partial charge in [-0.1, -0.05) is 12.1 Å². The summed E-state index contributed by atoms with van der Waals surface area (Å²) in [6.07, 6.45) is 3.05. The summed E-state index contributed by atoms with van der Waals surface area (Å²) in [7, 11) is 0. The lowest BCUT2D eigenvalue weighted by molar-refractivity contribution is -0.139. The number of urea groups is 1. The number of furan rings is 1. The van der Waals surface area contributed by atoms with Crippen LogP contribution in [-0.4, -0.2) is 23.7 Å². The van der Waals surface area contributed by atoms with Crippen LogP contribution in [0.3, 0.4) is 0 Å². The molecule has 0 saturated carbocycles. The van der Waals surface area contributed by atoms with Crippen LogP contribution in [0, 0.1) is 0 Å². The normalized spacial score (nSPS) is 9.90. The van der Waals surface area contributed by atoms with E-state index >= 15 is 0 Å². The van der Waals surface area contributed by atoms with E-state index in [4.69, 9.17) is 14.3 Å². The van der Waals surface area contributed by atoms with E-state index in [1.165, 1.54) is 12.5 Å². The zero-order chi connectivity index (χ0) is 15.1. The number of nitrogens with one attached hydrogen (secondary N) is 2. The van der Waals surface area contributed by atoms with Crippen LogP contribution in [0.4, 0.5) is 10.5 Å². The van der Waals surface area contributed by atoms with Crippen molar-refractivity contribution >= 4 is 17.7 Å². The summed E-state index contributed by atoms with van der Waals surface area (Å²) >= 11 is 0. The third-order valence-electron chi connectivity index (χ3n) is 2.52. The predicted molar refractivity (Wildman–Crippen MR) is 74.1 cm³/mol. The van der Waals surface area contributed by atoms with Gasteiger partial charge in [-0.05, 0) is 18.2 Å². The zero-order valence-electron chi connectivity index (χ0n) is 11.0. The van der Waals surface area contributed by atoms with Gasteiger partial charge in [0.25, 0.3) is 0 Å². The number of amides is 2. The monoisotopic (exact) mass is 290 g/mol. The number of hydrogen-bond donors (Lipinski definition) is 3. The van der Waals surface area contributed by atoms with Crippen LogP contribution in [0.2, 0.25) is 0 Å². The number of ether oxygens (including phenoxy) is 1. The van der Waals surface area contributed by atoms with Crippen molar-refractivity contribution in [1.29, 1.82) is 0 Å². The minimum Gasteiger partial charge on any atom is -0.480 e. The largest absolute Gasteiger partial charge is 0.480 e. The second-order valence-corrected chi connectivity index (χ2v) is 4.12. The van der Waals surface area contributed by atoms with Gasteiger partial charge in [-0.3, -0.25) is 0 Å². The van der Waals surface area contributed by atoms with Crippen LogP contribution in [0.5, 0.6) is 5.75 Å². The van der Waals surface area contributed by atoms with Gasteiger partial charge in [0, 0.05) is 12.1 Å². The minimum absolute atomic E-state index is 0.290. The predicted octanol–water partition coefficient (Wildman–Crippen LogP) is 2.06. The van der Waals surface area contributed by atoms with E-state index in [1.54, 1.807) is 30.3 Å². The van der Waals surface area contributed by atoms with Gasteiger partial charge in [0.1, 0.15) is 5.75 Å². The molecule has 1 aromatic carbocycles. The molecule has 0 spiro atoms. The molecule has 0 aliphatic rings. The van der Waals surface area contributed by atoms with E-state index in [0.29, 0.717) is 18.0 Å². The fourth-order valence-corrected chi connectivity index (χ4v) is 1.58. The molecule has 2 aromatic rings. The quantitative estimate of drug-likeness (QED) is 0.756. The molecule has 0 atom stereocenters. The fraction of sp³-hybridized carbons (Fsp3) is 0.143. The second-order valence-electron chi connectivity index (χ2n) is 4.12. The van der Waals surface area contributed by atoms with Gasteiger partial charge in [-0.2, -0.15) is 0 Å². The number of carbonyl (C=O) groups excluding carboxylic acids is 1. The molecule has 0 aliphatic carbocycles. The van der Waals surface area contributed by atoms with E-state index in [2.05, 4.69) is 10.6 Å². The SMILES string of the molecule is O=C(O)COc1ccccc1NC(=O)NCc1ccoc1. The van der Waals surface area contributed by atoms with Crippen molar-refractivity contribution in [2.24, 2.45) is 0 Å².